The Bertz CT molecular complexity index is 388. The van der Waals surface area contributed by atoms with Crippen LogP contribution in [0.15, 0.2) is 0 Å². The lowest BCUT2D eigenvalue weighted by molar-refractivity contribution is -0.108. The van der Waals surface area contributed by atoms with Gasteiger partial charge in [0.2, 0.25) is 0 Å². The second kappa shape index (κ2) is 4.12. The maximum absolute atomic E-state index is 12.1. The molecule has 4 atom stereocenters. The van der Waals surface area contributed by atoms with Crippen molar-refractivity contribution in [1.82, 2.24) is 0 Å². The van der Waals surface area contributed by atoms with E-state index in [4.69, 9.17) is 4.18 Å². The minimum Gasteiger partial charge on any atom is -0.266 e. The molecule has 2 fully saturated rings. The van der Waals surface area contributed by atoms with E-state index in [-0.39, 0.29) is 11.8 Å². The topological polar surface area (TPSA) is 43.4 Å². The average Bonchev–Trinajstić information content (AvgIpc) is 2.65. The van der Waals surface area contributed by atoms with Gasteiger partial charge in [0, 0.05) is 0 Å². The van der Waals surface area contributed by atoms with E-state index in [2.05, 4.69) is 0 Å². The van der Waals surface area contributed by atoms with E-state index in [1.165, 1.54) is 0 Å². The molecule has 0 aromatic carbocycles. The first kappa shape index (κ1) is 13.1. The van der Waals surface area contributed by atoms with E-state index < -0.39 is 28.2 Å². The lowest BCUT2D eigenvalue weighted by Gasteiger charge is -2.27. The van der Waals surface area contributed by atoms with Gasteiger partial charge in [0.05, 0.1) is 6.10 Å². The molecule has 0 N–H and O–H groups in total. The van der Waals surface area contributed by atoms with Crippen LogP contribution in [0.5, 0.6) is 0 Å². The van der Waals surface area contributed by atoms with E-state index in [0.29, 0.717) is 5.92 Å². The molecule has 0 aromatic heterocycles. The molecule has 0 aliphatic heterocycles. The first-order chi connectivity index (χ1) is 7.68. The monoisotopic (exact) mass is 272 g/mol. The molecule has 0 spiro atoms. The highest BCUT2D eigenvalue weighted by atomic mass is 32.2. The molecule has 2 aliphatic rings. The fraction of sp³-hybridized carbons (Fsp3) is 1.00. The van der Waals surface area contributed by atoms with Gasteiger partial charge in [-0.3, -0.25) is 4.18 Å². The van der Waals surface area contributed by atoms with Crippen LogP contribution in [0.25, 0.3) is 0 Å². The number of hydrogen-bond donors (Lipinski definition) is 0. The van der Waals surface area contributed by atoms with Crippen LogP contribution in [0.2, 0.25) is 0 Å². The molecule has 100 valence electrons. The Morgan fingerprint density at radius 2 is 1.82 bits per heavy atom. The molecular weight excluding hydrogens is 257 g/mol. The van der Waals surface area contributed by atoms with Gasteiger partial charge >= 0.3 is 6.18 Å². The van der Waals surface area contributed by atoms with E-state index in [0.717, 1.165) is 19.3 Å². The van der Waals surface area contributed by atoms with E-state index in [1.807, 2.05) is 6.92 Å². The number of fused-ring (bicyclic) bond motifs is 2. The van der Waals surface area contributed by atoms with Crippen molar-refractivity contribution in [2.45, 2.75) is 38.5 Å². The second-order valence-electron chi connectivity index (χ2n) is 5.07. The average molecular weight is 272 g/mol. The summed E-state index contributed by atoms with van der Waals surface area (Å²) in [4.78, 5) is 0. The molecule has 2 bridgehead atoms. The van der Waals surface area contributed by atoms with Gasteiger partial charge in [-0.25, -0.2) is 0 Å². The summed E-state index contributed by atoms with van der Waals surface area (Å²) in [6.07, 6.45) is -2.51. The predicted molar refractivity (Wildman–Crippen MR) is 54.7 cm³/mol. The minimum atomic E-state index is -4.74. The van der Waals surface area contributed by atoms with Crippen LogP contribution >= 0.6 is 0 Å². The number of hydrogen-bond acceptors (Lipinski definition) is 3. The third-order valence-electron chi connectivity index (χ3n) is 3.84. The molecule has 2 aliphatic carbocycles. The first-order valence-corrected chi connectivity index (χ1v) is 7.23. The Hall–Kier alpha value is -0.300. The summed E-state index contributed by atoms with van der Waals surface area (Å²) in [5.74, 6) is -1.33. The van der Waals surface area contributed by atoms with Crippen molar-refractivity contribution >= 4 is 10.1 Å². The Balaban J connectivity index is 2.02. The summed E-state index contributed by atoms with van der Waals surface area (Å²) >= 11 is 0. The van der Waals surface area contributed by atoms with E-state index >= 15 is 0 Å². The maximum atomic E-state index is 12.1. The molecule has 0 saturated heterocycles. The van der Waals surface area contributed by atoms with Crippen molar-refractivity contribution in [3.63, 3.8) is 0 Å². The maximum Gasteiger partial charge on any atom is 0.405 e. The molecule has 0 aromatic rings. The van der Waals surface area contributed by atoms with Crippen LogP contribution in [-0.2, 0) is 14.3 Å². The van der Waals surface area contributed by atoms with Gasteiger partial charge in [-0.1, -0.05) is 6.92 Å². The number of rotatable bonds is 3. The Morgan fingerprint density at radius 3 is 2.29 bits per heavy atom. The van der Waals surface area contributed by atoms with Gasteiger partial charge in [-0.05, 0) is 37.0 Å². The first-order valence-electron chi connectivity index (χ1n) is 5.66. The third-order valence-corrected chi connectivity index (χ3v) is 5.03. The Labute approximate surface area is 98.5 Å². The molecule has 0 heterocycles. The fourth-order valence-electron chi connectivity index (χ4n) is 3.10. The third kappa shape index (κ3) is 2.93. The summed E-state index contributed by atoms with van der Waals surface area (Å²) in [5.41, 5.74) is 0. The molecule has 17 heavy (non-hydrogen) atoms. The van der Waals surface area contributed by atoms with Crippen LogP contribution in [-0.4, -0.2) is 26.5 Å². The number of halogens is 3. The SMILES string of the molecule is CC1C2CCC(C2)C1OS(=O)(=O)CC(F)(F)F. The zero-order chi connectivity index (χ0) is 12.8. The van der Waals surface area contributed by atoms with Crippen molar-refractivity contribution < 1.29 is 25.8 Å². The van der Waals surface area contributed by atoms with Crippen LogP contribution < -0.4 is 0 Å². The van der Waals surface area contributed by atoms with Gasteiger partial charge < -0.3 is 0 Å². The fourth-order valence-corrected chi connectivity index (χ4v) is 4.24. The summed E-state index contributed by atoms with van der Waals surface area (Å²) in [6.45, 7) is 1.86. The van der Waals surface area contributed by atoms with Crippen molar-refractivity contribution in [2.75, 3.05) is 5.75 Å². The predicted octanol–water partition coefficient (Wildman–Crippen LogP) is 2.33. The van der Waals surface area contributed by atoms with Crippen LogP contribution in [0.4, 0.5) is 13.2 Å². The van der Waals surface area contributed by atoms with Gasteiger partial charge in [-0.15, -0.1) is 0 Å². The van der Waals surface area contributed by atoms with Gasteiger partial charge in [-0.2, -0.15) is 21.6 Å². The highest BCUT2D eigenvalue weighted by molar-refractivity contribution is 7.86. The summed E-state index contributed by atoms with van der Waals surface area (Å²) in [6, 6.07) is 0. The van der Waals surface area contributed by atoms with Gasteiger partial charge in [0.15, 0.2) is 5.75 Å². The Morgan fingerprint density at radius 1 is 1.24 bits per heavy atom. The summed E-state index contributed by atoms with van der Waals surface area (Å²) in [7, 11) is -4.50. The molecular formula is C10H15F3O3S. The van der Waals surface area contributed by atoms with Crippen LogP contribution in [0.1, 0.15) is 26.2 Å². The lowest BCUT2D eigenvalue weighted by Crippen LogP contribution is -2.34. The second-order valence-corrected chi connectivity index (χ2v) is 6.67. The molecule has 0 radical (unpaired) electrons. The van der Waals surface area contributed by atoms with E-state index in [1.54, 1.807) is 0 Å². The smallest absolute Gasteiger partial charge is 0.266 e. The molecule has 0 amide bonds. The molecule has 4 unspecified atom stereocenters. The van der Waals surface area contributed by atoms with Crippen molar-refractivity contribution in [3.05, 3.63) is 0 Å². The normalized spacial score (nSPS) is 37.6. The van der Waals surface area contributed by atoms with Crippen molar-refractivity contribution in [2.24, 2.45) is 17.8 Å². The lowest BCUT2D eigenvalue weighted by atomic mass is 9.88. The molecule has 7 heteroatoms. The van der Waals surface area contributed by atoms with Crippen molar-refractivity contribution in [1.29, 1.82) is 0 Å². The highest BCUT2D eigenvalue weighted by Crippen LogP contribution is 2.50. The standard InChI is InChI=1S/C10H15F3O3S/c1-6-7-2-3-8(4-7)9(6)16-17(14,15)5-10(11,12)13/h6-9H,2-5H2,1H3. The quantitative estimate of drug-likeness (QED) is 0.741. The summed E-state index contributed by atoms with van der Waals surface area (Å²) in [5, 5.41) is 0. The molecule has 2 saturated carbocycles. The minimum absolute atomic E-state index is 0.0387. The molecule has 2 rings (SSSR count). The van der Waals surface area contributed by atoms with Gasteiger partial charge in [0.1, 0.15) is 0 Å². The zero-order valence-electron chi connectivity index (χ0n) is 9.40. The van der Waals surface area contributed by atoms with E-state index in [9.17, 15) is 21.6 Å². The van der Waals surface area contributed by atoms with Crippen LogP contribution in [0, 0.1) is 17.8 Å². The summed E-state index contributed by atoms with van der Waals surface area (Å²) < 4.78 is 63.5. The van der Waals surface area contributed by atoms with Crippen LogP contribution in [0.3, 0.4) is 0 Å². The zero-order valence-corrected chi connectivity index (χ0v) is 10.2. The van der Waals surface area contributed by atoms with Crippen molar-refractivity contribution in [3.8, 4) is 0 Å². The number of alkyl halides is 3. The highest BCUT2D eigenvalue weighted by Gasteiger charge is 2.49. The largest absolute Gasteiger partial charge is 0.405 e. The molecule has 3 nitrogen and oxygen atoms in total. The Kier molecular flexibility index (Phi) is 3.18. The van der Waals surface area contributed by atoms with Gasteiger partial charge in [0.25, 0.3) is 10.1 Å².